The predicted molar refractivity (Wildman–Crippen MR) is 208 cm³/mol. The molecule has 0 heterocycles. The van der Waals surface area contributed by atoms with Gasteiger partial charge < -0.3 is 18.9 Å². The minimum Gasteiger partial charge on any atom is -0.493 e. The first kappa shape index (κ1) is 39.5. The van der Waals surface area contributed by atoms with Crippen LogP contribution in [-0.4, -0.2) is 46.4 Å². The number of nitrogens with zero attached hydrogens (tertiary/aromatic N) is 1. The predicted octanol–water partition coefficient (Wildman–Crippen LogP) is 11.4. The van der Waals surface area contributed by atoms with Gasteiger partial charge in [0.25, 0.3) is 0 Å². The zero-order valence-corrected chi connectivity index (χ0v) is 31.6. The minimum atomic E-state index is 0.768. The molecule has 0 aliphatic carbocycles. The van der Waals surface area contributed by atoms with E-state index in [-0.39, 0.29) is 0 Å². The molecular formula is C44H61NO4. The Morgan fingerprint density at radius 3 is 1.71 bits per heavy atom. The summed E-state index contributed by atoms with van der Waals surface area (Å²) in [5.41, 5.74) is 8.96. The number of hydrogen-bond acceptors (Lipinski definition) is 5. The average Bonchev–Trinajstić information content (AvgIpc) is 3.14. The maximum absolute atomic E-state index is 5.66. The third kappa shape index (κ3) is 11.6. The minimum absolute atomic E-state index is 0.768. The van der Waals surface area contributed by atoms with Gasteiger partial charge in [-0.15, -0.1) is 0 Å². The quantitative estimate of drug-likeness (QED) is 0.0931. The molecule has 0 radical (unpaired) electrons. The summed E-state index contributed by atoms with van der Waals surface area (Å²) in [5.74, 6) is 3.22. The summed E-state index contributed by atoms with van der Waals surface area (Å²) in [6.45, 7) is 12.2. The number of rotatable bonds is 19. The number of methoxy groups -OCH3 is 4. The molecule has 0 amide bonds. The number of ether oxygens (including phenoxy) is 4. The molecule has 0 unspecified atom stereocenters. The molecule has 4 aromatic carbocycles. The molecule has 4 rings (SSSR count). The van der Waals surface area contributed by atoms with Crippen LogP contribution in [0.1, 0.15) is 89.3 Å². The molecule has 0 N–H and O–H groups in total. The van der Waals surface area contributed by atoms with Gasteiger partial charge >= 0.3 is 0 Å². The summed E-state index contributed by atoms with van der Waals surface area (Å²) >= 11 is 0. The van der Waals surface area contributed by atoms with E-state index in [1.54, 1.807) is 28.4 Å². The monoisotopic (exact) mass is 667 g/mol. The number of hydrogen-bond donors (Lipinski definition) is 0. The Labute approximate surface area is 297 Å². The number of unbranched alkanes of at least 4 members (excludes halogenated alkanes) is 3. The van der Waals surface area contributed by atoms with Crippen molar-refractivity contribution < 1.29 is 18.9 Å². The molecule has 0 aromatic heterocycles. The Bertz CT molecular complexity index is 1530. The summed E-state index contributed by atoms with van der Waals surface area (Å²) in [6, 6.07) is 27.9. The van der Waals surface area contributed by atoms with Crippen molar-refractivity contribution in [1.82, 2.24) is 4.90 Å². The summed E-state index contributed by atoms with van der Waals surface area (Å²) in [6.07, 6.45) is 10.6. The molecule has 0 atom stereocenters. The summed E-state index contributed by atoms with van der Waals surface area (Å²) < 4.78 is 22.0. The summed E-state index contributed by atoms with van der Waals surface area (Å²) in [7, 11) is 6.78. The van der Waals surface area contributed by atoms with Crippen LogP contribution >= 0.6 is 0 Å². The van der Waals surface area contributed by atoms with Gasteiger partial charge in [-0.25, -0.2) is 0 Å². The van der Waals surface area contributed by atoms with Crippen LogP contribution in [0.2, 0.25) is 0 Å². The van der Waals surface area contributed by atoms with E-state index in [1.807, 2.05) is 6.07 Å². The van der Waals surface area contributed by atoms with Gasteiger partial charge in [-0.2, -0.15) is 0 Å². The molecule has 5 heteroatoms. The van der Waals surface area contributed by atoms with Crippen LogP contribution in [-0.2, 0) is 19.4 Å². The van der Waals surface area contributed by atoms with E-state index in [1.165, 1.54) is 77.5 Å². The maximum atomic E-state index is 5.66. The van der Waals surface area contributed by atoms with Crippen LogP contribution in [0.25, 0.3) is 22.3 Å². The average molecular weight is 668 g/mol. The Morgan fingerprint density at radius 1 is 0.469 bits per heavy atom. The molecule has 0 saturated carbocycles. The normalized spacial score (nSPS) is 10.8. The summed E-state index contributed by atoms with van der Waals surface area (Å²) in [4.78, 5) is 2.58. The molecule has 0 saturated heterocycles. The SMILES string of the molecule is CCCCCc1ccccc1-c1ccc(OC)c(OC)c1.CCCCN(CCC)Cc1ccccc1-c1cc(CCC)c(OC)c(OC)c1. The molecule has 0 fully saturated rings. The van der Waals surface area contributed by atoms with E-state index >= 15 is 0 Å². The van der Waals surface area contributed by atoms with Crippen LogP contribution in [0, 0.1) is 0 Å². The van der Waals surface area contributed by atoms with Gasteiger partial charge in [0, 0.05) is 6.54 Å². The molecule has 266 valence electrons. The van der Waals surface area contributed by atoms with Crippen LogP contribution in [0.15, 0.2) is 78.9 Å². The van der Waals surface area contributed by atoms with E-state index in [4.69, 9.17) is 18.9 Å². The molecule has 0 spiro atoms. The van der Waals surface area contributed by atoms with Crippen molar-refractivity contribution in [3.8, 4) is 45.3 Å². The van der Waals surface area contributed by atoms with Gasteiger partial charge in [0.05, 0.1) is 28.4 Å². The van der Waals surface area contributed by atoms with E-state index in [0.29, 0.717) is 0 Å². The highest BCUT2D eigenvalue weighted by Gasteiger charge is 2.16. The molecule has 0 aliphatic rings. The number of aryl methyl sites for hydroxylation is 2. The number of benzene rings is 4. The second kappa shape index (κ2) is 21.9. The van der Waals surface area contributed by atoms with Gasteiger partial charge in [-0.1, -0.05) is 108 Å². The Balaban J connectivity index is 0.000000276. The highest BCUT2D eigenvalue weighted by atomic mass is 16.5. The van der Waals surface area contributed by atoms with Crippen molar-refractivity contribution in [3.63, 3.8) is 0 Å². The van der Waals surface area contributed by atoms with E-state index in [0.717, 1.165) is 61.9 Å². The fourth-order valence-corrected chi connectivity index (χ4v) is 6.39. The third-order valence-corrected chi connectivity index (χ3v) is 8.93. The van der Waals surface area contributed by atoms with Crippen LogP contribution in [0.4, 0.5) is 0 Å². The van der Waals surface area contributed by atoms with Gasteiger partial charge in [-0.05, 0) is 108 Å². The van der Waals surface area contributed by atoms with Crippen molar-refractivity contribution in [2.24, 2.45) is 0 Å². The lowest BCUT2D eigenvalue weighted by molar-refractivity contribution is 0.262. The van der Waals surface area contributed by atoms with Crippen LogP contribution in [0.3, 0.4) is 0 Å². The van der Waals surface area contributed by atoms with Crippen molar-refractivity contribution >= 4 is 0 Å². The lowest BCUT2D eigenvalue weighted by atomic mass is 9.95. The van der Waals surface area contributed by atoms with E-state index in [9.17, 15) is 0 Å². The first-order valence-corrected chi connectivity index (χ1v) is 18.3. The van der Waals surface area contributed by atoms with Gasteiger partial charge in [0.15, 0.2) is 23.0 Å². The highest BCUT2D eigenvalue weighted by molar-refractivity contribution is 5.72. The molecule has 0 aliphatic heterocycles. The Morgan fingerprint density at radius 2 is 1.10 bits per heavy atom. The van der Waals surface area contributed by atoms with Gasteiger partial charge in [-0.3, -0.25) is 4.90 Å². The third-order valence-electron chi connectivity index (χ3n) is 8.93. The van der Waals surface area contributed by atoms with Crippen molar-refractivity contribution in [2.75, 3.05) is 41.5 Å². The Kier molecular flexibility index (Phi) is 17.6. The molecule has 49 heavy (non-hydrogen) atoms. The standard InChI is InChI=1S/C25H37NO2.C19H24O2/c1-6-9-16-26(15-8-3)19-21-13-10-11-14-23(21)22-17-20(12-7-2)25(28-5)24(18-22)27-4;1-4-5-6-9-15-10-7-8-11-17(15)16-12-13-18(20-2)19(14-16)21-3/h10-11,13-14,17-18H,6-9,12,15-16,19H2,1-5H3;7-8,10-14H,4-6,9H2,1-3H3. The molecular weight excluding hydrogens is 606 g/mol. The van der Waals surface area contributed by atoms with Gasteiger partial charge in [0.2, 0.25) is 0 Å². The first-order chi connectivity index (χ1) is 24.0. The van der Waals surface area contributed by atoms with Crippen molar-refractivity contribution in [3.05, 3.63) is 95.6 Å². The fourth-order valence-electron chi connectivity index (χ4n) is 6.39. The topological polar surface area (TPSA) is 40.2 Å². The fraction of sp³-hybridized carbons (Fsp3) is 0.455. The van der Waals surface area contributed by atoms with Crippen molar-refractivity contribution in [1.29, 1.82) is 0 Å². The zero-order valence-electron chi connectivity index (χ0n) is 31.6. The van der Waals surface area contributed by atoms with Crippen LogP contribution < -0.4 is 18.9 Å². The zero-order chi connectivity index (χ0) is 35.4. The maximum Gasteiger partial charge on any atom is 0.163 e. The molecule has 0 bridgehead atoms. The van der Waals surface area contributed by atoms with E-state index < -0.39 is 0 Å². The largest absolute Gasteiger partial charge is 0.493 e. The van der Waals surface area contributed by atoms with E-state index in [2.05, 4.69) is 105 Å². The summed E-state index contributed by atoms with van der Waals surface area (Å²) in [5, 5.41) is 0. The Hall–Kier alpha value is -3.96. The van der Waals surface area contributed by atoms with Crippen molar-refractivity contribution in [2.45, 2.75) is 92.0 Å². The smallest absolute Gasteiger partial charge is 0.163 e. The molecule has 4 aromatic rings. The first-order valence-electron chi connectivity index (χ1n) is 18.3. The second-order valence-corrected chi connectivity index (χ2v) is 12.6. The lowest BCUT2D eigenvalue weighted by Crippen LogP contribution is -2.25. The lowest BCUT2D eigenvalue weighted by Gasteiger charge is -2.23. The van der Waals surface area contributed by atoms with Crippen LogP contribution in [0.5, 0.6) is 23.0 Å². The molecule has 5 nitrogen and oxygen atoms in total. The highest BCUT2D eigenvalue weighted by Crippen LogP contribution is 2.38. The second-order valence-electron chi connectivity index (χ2n) is 12.6. The van der Waals surface area contributed by atoms with Gasteiger partial charge in [0.1, 0.15) is 0 Å².